The van der Waals surface area contributed by atoms with Gasteiger partial charge in [0, 0.05) is 31.9 Å². The standard InChI is InChI=1S/C13H22N4O3/c1-4-6-17(9-12(18)19)13(20)14-7-10-8-16(3)15-11(10)5-2/h8H,4-7,9H2,1-3H3,(H,14,20)(H,18,19). The maximum atomic E-state index is 12.0. The van der Waals surface area contributed by atoms with Gasteiger partial charge in [0.15, 0.2) is 0 Å². The Morgan fingerprint density at radius 3 is 2.70 bits per heavy atom. The number of aryl methyl sites for hydroxylation is 2. The van der Waals surface area contributed by atoms with E-state index in [1.54, 1.807) is 4.68 Å². The van der Waals surface area contributed by atoms with Crippen molar-refractivity contribution in [2.45, 2.75) is 33.2 Å². The van der Waals surface area contributed by atoms with Crippen molar-refractivity contribution < 1.29 is 14.7 Å². The van der Waals surface area contributed by atoms with Gasteiger partial charge in [0.2, 0.25) is 0 Å². The van der Waals surface area contributed by atoms with E-state index in [1.807, 2.05) is 27.1 Å². The van der Waals surface area contributed by atoms with Crippen molar-refractivity contribution in [1.82, 2.24) is 20.0 Å². The van der Waals surface area contributed by atoms with E-state index < -0.39 is 5.97 Å². The van der Waals surface area contributed by atoms with Crippen LogP contribution in [0, 0.1) is 0 Å². The second kappa shape index (κ2) is 7.52. The number of hydrogen-bond donors (Lipinski definition) is 2. The summed E-state index contributed by atoms with van der Waals surface area (Å²) in [5.74, 6) is -1.01. The number of carboxylic acids is 1. The predicted molar refractivity (Wildman–Crippen MR) is 74.3 cm³/mol. The van der Waals surface area contributed by atoms with Crippen molar-refractivity contribution >= 4 is 12.0 Å². The maximum absolute atomic E-state index is 12.0. The van der Waals surface area contributed by atoms with E-state index in [-0.39, 0.29) is 12.6 Å². The van der Waals surface area contributed by atoms with Gasteiger partial charge in [-0.3, -0.25) is 9.48 Å². The van der Waals surface area contributed by atoms with Gasteiger partial charge >= 0.3 is 12.0 Å². The third kappa shape index (κ3) is 4.56. The van der Waals surface area contributed by atoms with Crippen molar-refractivity contribution in [3.63, 3.8) is 0 Å². The molecule has 2 amide bonds. The van der Waals surface area contributed by atoms with Crippen LogP contribution < -0.4 is 5.32 Å². The average molecular weight is 282 g/mol. The summed E-state index contributed by atoms with van der Waals surface area (Å²) in [6, 6.07) is -0.361. The van der Waals surface area contributed by atoms with E-state index in [1.165, 1.54) is 4.90 Å². The van der Waals surface area contributed by atoms with Crippen LogP contribution in [0.1, 0.15) is 31.5 Å². The number of urea groups is 1. The second-order valence-electron chi connectivity index (χ2n) is 4.60. The average Bonchev–Trinajstić information content (AvgIpc) is 2.75. The lowest BCUT2D eigenvalue weighted by Gasteiger charge is -2.20. The molecule has 0 spiro atoms. The summed E-state index contributed by atoms with van der Waals surface area (Å²) in [5, 5.41) is 15.8. The first kappa shape index (κ1) is 16.0. The summed E-state index contributed by atoms with van der Waals surface area (Å²) in [4.78, 5) is 24.0. The highest BCUT2D eigenvalue weighted by molar-refractivity contribution is 5.80. The van der Waals surface area contributed by atoms with Gasteiger partial charge in [-0.05, 0) is 12.8 Å². The lowest BCUT2D eigenvalue weighted by Crippen LogP contribution is -2.42. The van der Waals surface area contributed by atoms with Crippen LogP contribution >= 0.6 is 0 Å². The van der Waals surface area contributed by atoms with Crippen LogP contribution in [0.15, 0.2) is 6.20 Å². The van der Waals surface area contributed by atoms with Crippen molar-refractivity contribution in [3.05, 3.63) is 17.5 Å². The monoisotopic (exact) mass is 282 g/mol. The molecule has 1 aromatic rings. The van der Waals surface area contributed by atoms with Gasteiger partial charge in [-0.25, -0.2) is 4.79 Å². The summed E-state index contributed by atoms with van der Waals surface area (Å²) in [7, 11) is 1.83. The number of aromatic nitrogens is 2. The highest BCUT2D eigenvalue weighted by Crippen LogP contribution is 2.07. The Balaban J connectivity index is 2.61. The molecule has 7 heteroatoms. The van der Waals surface area contributed by atoms with Gasteiger partial charge in [0.05, 0.1) is 5.69 Å². The molecule has 0 saturated carbocycles. The van der Waals surface area contributed by atoms with Crippen LogP contribution in [0.4, 0.5) is 4.79 Å². The van der Waals surface area contributed by atoms with Gasteiger partial charge in [-0.15, -0.1) is 0 Å². The molecule has 112 valence electrons. The Bertz CT molecular complexity index is 470. The van der Waals surface area contributed by atoms with E-state index >= 15 is 0 Å². The summed E-state index contributed by atoms with van der Waals surface area (Å²) in [5.41, 5.74) is 1.89. The van der Waals surface area contributed by atoms with Gasteiger partial charge in [-0.1, -0.05) is 13.8 Å². The van der Waals surface area contributed by atoms with E-state index in [0.29, 0.717) is 19.5 Å². The first-order valence-corrected chi connectivity index (χ1v) is 6.73. The number of carboxylic acid groups (broad SMARTS) is 1. The molecule has 1 heterocycles. The van der Waals surface area contributed by atoms with Crippen LogP contribution in [0.25, 0.3) is 0 Å². The van der Waals surface area contributed by atoms with Crippen molar-refractivity contribution in [2.24, 2.45) is 7.05 Å². The van der Waals surface area contributed by atoms with Crippen LogP contribution in [-0.4, -0.2) is 44.9 Å². The molecule has 1 aromatic heterocycles. The first-order chi connectivity index (χ1) is 9.47. The first-order valence-electron chi connectivity index (χ1n) is 6.73. The maximum Gasteiger partial charge on any atom is 0.323 e. The van der Waals surface area contributed by atoms with Crippen LogP contribution in [0.3, 0.4) is 0 Å². The minimum Gasteiger partial charge on any atom is -0.480 e. The summed E-state index contributed by atoms with van der Waals surface area (Å²) in [6.07, 6.45) is 3.37. The van der Waals surface area contributed by atoms with Crippen molar-refractivity contribution in [1.29, 1.82) is 0 Å². The third-order valence-corrected chi connectivity index (χ3v) is 2.86. The summed E-state index contributed by atoms with van der Waals surface area (Å²) in [6.45, 7) is 4.40. The Labute approximate surface area is 118 Å². The predicted octanol–water partition coefficient (Wildman–Crippen LogP) is 0.989. The molecule has 7 nitrogen and oxygen atoms in total. The lowest BCUT2D eigenvalue weighted by atomic mass is 10.2. The minimum absolute atomic E-state index is 0.284. The number of amides is 2. The summed E-state index contributed by atoms with van der Waals surface area (Å²) >= 11 is 0. The fraction of sp³-hybridized carbons (Fsp3) is 0.615. The molecule has 1 rings (SSSR count). The number of hydrogen-bond acceptors (Lipinski definition) is 3. The second-order valence-corrected chi connectivity index (χ2v) is 4.60. The molecular weight excluding hydrogens is 260 g/mol. The highest BCUT2D eigenvalue weighted by atomic mass is 16.4. The zero-order valence-electron chi connectivity index (χ0n) is 12.2. The van der Waals surface area contributed by atoms with Gasteiger partial charge in [0.1, 0.15) is 6.54 Å². The van der Waals surface area contributed by atoms with Gasteiger partial charge in [0.25, 0.3) is 0 Å². The smallest absolute Gasteiger partial charge is 0.323 e. The van der Waals surface area contributed by atoms with Gasteiger partial charge < -0.3 is 15.3 Å². The Morgan fingerprint density at radius 1 is 1.45 bits per heavy atom. The van der Waals surface area contributed by atoms with E-state index in [0.717, 1.165) is 17.7 Å². The molecule has 0 aliphatic rings. The molecule has 0 aliphatic heterocycles. The van der Waals surface area contributed by atoms with E-state index in [9.17, 15) is 9.59 Å². The highest BCUT2D eigenvalue weighted by Gasteiger charge is 2.16. The SMILES string of the molecule is CCCN(CC(=O)O)C(=O)NCc1cn(C)nc1CC. The topological polar surface area (TPSA) is 87.5 Å². The van der Waals surface area contributed by atoms with Crippen LogP contribution in [0.5, 0.6) is 0 Å². The number of nitrogens with zero attached hydrogens (tertiary/aromatic N) is 3. The number of aliphatic carboxylic acids is 1. The Morgan fingerprint density at radius 2 is 2.15 bits per heavy atom. The molecule has 0 bridgehead atoms. The number of carbonyl (C=O) groups is 2. The van der Waals surface area contributed by atoms with Crippen LogP contribution in [-0.2, 0) is 24.8 Å². The molecule has 0 fully saturated rings. The number of carbonyl (C=O) groups excluding carboxylic acids is 1. The van der Waals surface area contributed by atoms with Crippen molar-refractivity contribution in [3.8, 4) is 0 Å². The van der Waals surface area contributed by atoms with Gasteiger partial charge in [-0.2, -0.15) is 5.10 Å². The molecular formula is C13H22N4O3. The van der Waals surface area contributed by atoms with E-state index in [4.69, 9.17) is 5.11 Å². The van der Waals surface area contributed by atoms with Crippen LogP contribution in [0.2, 0.25) is 0 Å². The normalized spacial score (nSPS) is 10.3. The largest absolute Gasteiger partial charge is 0.480 e. The number of nitrogens with one attached hydrogen (secondary N) is 1. The Kier molecular flexibility index (Phi) is 6.02. The molecule has 0 aliphatic carbocycles. The molecule has 0 radical (unpaired) electrons. The molecule has 0 saturated heterocycles. The quantitative estimate of drug-likeness (QED) is 0.780. The zero-order chi connectivity index (χ0) is 15.1. The number of rotatable bonds is 7. The zero-order valence-corrected chi connectivity index (χ0v) is 12.2. The molecule has 0 unspecified atom stereocenters. The molecule has 20 heavy (non-hydrogen) atoms. The van der Waals surface area contributed by atoms with E-state index in [2.05, 4.69) is 10.4 Å². The van der Waals surface area contributed by atoms with Crippen molar-refractivity contribution in [2.75, 3.05) is 13.1 Å². The molecule has 0 aromatic carbocycles. The fourth-order valence-electron chi connectivity index (χ4n) is 2.00. The fourth-order valence-corrected chi connectivity index (χ4v) is 2.00. The molecule has 0 atom stereocenters. The summed E-state index contributed by atoms with van der Waals surface area (Å²) < 4.78 is 1.71. The Hall–Kier alpha value is -2.05. The minimum atomic E-state index is -1.01. The third-order valence-electron chi connectivity index (χ3n) is 2.86. The molecule has 2 N–H and O–H groups in total. The lowest BCUT2D eigenvalue weighted by molar-refractivity contribution is -0.137.